The number of ether oxygens (including phenoxy) is 1. The van der Waals surface area contributed by atoms with E-state index in [4.69, 9.17) is 13.6 Å². The fraction of sp³-hybridized carbons (Fsp3) is 0.400. The standard InChI is InChI=1S/C20H23N3O4/c1-13-3-6-18(26-13)17(23-7-9-25-10-8-23)12-21-20(24)15-4-5-16-19(11-15)27-14(2)22-16/h3-6,11,17H,7-10,12H2,1-2H3,(H,21,24)/t17-/m1/s1. The molecule has 1 N–H and O–H groups in total. The highest BCUT2D eigenvalue weighted by Gasteiger charge is 2.26. The molecular weight excluding hydrogens is 346 g/mol. The number of aromatic nitrogens is 1. The summed E-state index contributed by atoms with van der Waals surface area (Å²) in [6, 6.07) is 9.19. The third-order valence-corrected chi connectivity index (χ3v) is 4.79. The summed E-state index contributed by atoms with van der Waals surface area (Å²) in [5.74, 6) is 2.16. The maximum absolute atomic E-state index is 12.7. The van der Waals surface area contributed by atoms with E-state index in [0.717, 1.165) is 30.1 Å². The lowest BCUT2D eigenvalue weighted by molar-refractivity contribution is 0.0117. The monoisotopic (exact) mass is 369 g/mol. The molecule has 1 atom stereocenters. The van der Waals surface area contributed by atoms with E-state index in [-0.39, 0.29) is 11.9 Å². The van der Waals surface area contributed by atoms with Gasteiger partial charge < -0.3 is 18.9 Å². The van der Waals surface area contributed by atoms with Gasteiger partial charge in [-0.05, 0) is 37.3 Å². The lowest BCUT2D eigenvalue weighted by Crippen LogP contribution is -2.43. The minimum atomic E-state index is -0.146. The second-order valence-electron chi connectivity index (χ2n) is 6.74. The van der Waals surface area contributed by atoms with E-state index >= 15 is 0 Å². The van der Waals surface area contributed by atoms with Crippen LogP contribution in [0.25, 0.3) is 11.1 Å². The normalized spacial score (nSPS) is 16.5. The molecule has 7 heteroatoms. The number of rotatable bonds is 5. The smallest absolute Gasteiger partial charge is 0.251 e. The third-order valence-electron chi connectivity index (χ3n) is 4.79. The van der Waals surface area contributed by atoms with Gasteiger partial charge in [0.2, 0.25) is 0 Å². The Morgan fingerprint density at radius 1 is 1.19 bits per heavy atom. The molecule has 1 aliphatic heterocycles. The predicted molar refractivity (Wildman–Crippen MR) is 99.7 cm³/mol. The molecule has 1 aliphatic rings. The van der Waals surface area contributed by atoms with Crippen LogP contribution >= 0.6 is 0 Å². The van der Waals surface area contributed by atoms with Crippen molar-refractivity contribution in [1.29, 1.82) is 0 Å². The quantitative estimate of drug-likeness (QED) is 0.745. The van der Waals surface area contributed by atoms with Crippen LogP contribution in [0.4, 0.5) is 0 Å². The van der Waals surface area contributed by atoms with Gasteiger partial charge in [-0.2, -0.15) is 0 Å². The summed E-state index contributed by atoms with van der Waals surface area (Å²) in [5, 5.41) is 3.03. The first-order valence-electron chi connectivity index (χ1n) is 9.14. The van der Waals surface area contributed by atoms with E-state index in [1.807, 2.05) is 19.1 Å². The molecule has 0 radical (unpaired) electrons. The van der Waals surface area contributed by atoms with Crippen LogP contribution in [0.3, 0.4) is 0 Å². The predicted octanol–water partition coefficient (Wildman–Crippen LogP) is 2.84. The number of furan rings is 1. The molecule has 1 fully saturated rings. The van der Waals surface area contributed by atoms with Gasteiger partial charge in [-0.15, -0.1) is 0 Å². The molecule has 2 aromatic heterocycles. The highest BCUT2D eigenvalue weighted by molar-refractivity contribution is 5.97. The number of morpholine rings is 1. The number of benzene rings is 1. The van der Waals surface area contributed by atoms with Crippen molar-refractivity contribution >= 4 is 17.0 Å². The SMILES string of the molecule is Cc1ccc([C@@H](CNC(=O)c2ccc3nc(C)oc3c2)N2CCOCC2)o1. The molecule has 27 heavy (non-hydrogen) atoms. The molecule has 0 saturated carbocycles. The summed E-state index contributed by atoms with van der Waals surface area (Å²) in [6.07, 6.45) is 0. The zero-order valence-corrected chi connectivity index (χ0v) is 15.5. The van der Waals surface area contributed by atoms with Gasteiger partial charge in [0, 0.05) is 32.1 Å². The van der Waals surface area contributed by atoms with Crippen LogP contribution in [0.15, 0.2) is 39.2 Å². The van der Waals surface area contributed by atoms with Crippen LogP contribution in [-0.2, 0) is 4.74 Å². The number of oxazole rings is 1. The maximum Gasteiger partial charge on any atom is 0.251 e. The summed E-state index contributed by atoms with van der Waals surface area (Å²) < 4.78 is 16.8. The molecule has 0 unspecified atom stereocenters. The largest absolute Gasteiger partial charge is 0.465 e. The van der Waals surface area contributed by atoms with Gasteiger partial charge in [0.05, 0.1) is 19.3 Å². The molecule has 3 aromatic rings. The number of amides is 1. The van der Waals surface area contributed by atoms with Crippen molar-refractivity contribution in [3.8, 4) is 0 Å². The van der Waals surface area contributed by atoms with Crippen molar-refractivity contribution < 1.29 is 18.4 Å². The zero-order chi connectivity index (χ0) is 18.8. The molecular formula is C20H23N3O4. The summed E-state index contributed by atoms with van der Waals surface area (Å²) in [7, 11) is 0. The number of aryl methyl sites for hydroxylation is 2. The minimum absolute atomic E-state index is 0.0252. The zero-order valence-electron chi connectivity index (χ0n) is 15.5. The Kier molecular flexibility index (Phi) is 4.96. The van der Waals surface area contributed by atoms with Crippen LogP contribution in [0.1, 0.15) is 33.8 Å². The fourth-order valence-electron chi connectivity index (χ4n) is 3.40. The molecule has 0 spiro atoms. The van der Waals surface area contributed by atoms with Crippen molar-refractivity contribution in [3.63, 3.8) is 0 Å². The van der Waals surface area contributed by atoms with E-state index < -0.39 is 0 Å². The Labute approximate surface area is 157 Å². The highest BCUT2D eigenvalue weighted by atomic mass is 16.5. The van der Waals surface area contributed by atoms with Crippen molar-refractivity contribution in [2.45, 2.75) is 19.9 Å². The Morgan fingerprint density at radius 3 is 2.74 bits per heavy atom. The van der Waals surface area contributed by atoms with E-state index in [1.54, 1.807) is 25.1 Å². The fourth-order valence-corrected chi connectivity index (χ4v) is 3.40. The number of hydrogen-bond acceptors (Lipinski definition) is 6. The van der Waals surface area contributed by atoms with E-state index in [9.17, 15) is 4.79 Å². The molecule has 1 saturated heterocycles. The van der Waals surface area contributed by atoms with Crippen LogP contribution in [-0.4, -0.2) is 48.6 Å². The van der Waals surface area contributed by atoms with Gasteiger partial charge in [0.1, 0.15) is 17.0 Å². The maximum atomic E-state index is 12.7. The van der Waals surface area contributed by atoms with Gasteiger partial charge in [-0.3, -0.25) is 9.69 Å². The number of hydrogen-bond donors (Lipinski definition) is 1. The van der Waals surface area contributed by atoms with Crippen molar-refractivity contribution in [3.05, 3.63) is 53.3 Å². The molecule has 4 rings (SSSR count). The van der Waals surface area contributed by atoms with Gasteiger partial charge in [0.25, 0.3) is 5.91 Å². The molecule has 0 aliphatic carbocycles. The van der Waals surface area contributed by atoms with Gasteiger partial charge >= 0.3 is 0 Å². The van der Waals surface area contributed by atoms with Crippen molar-refractivity contribution in [2.24, 2.45) is 0 Å². The van der Waals surface area contributed by atoms with Gasteiger partial charge in [-0.25, -0.2) is 4.98 Å². The van der Waals surface area contributed by atoms with Crippen LogP contribution in [0.2, 0.25) is 0 Å². The van der Waals surface area contributed by atoms with Crippen LogP contribution in [0, 0.1) is 13.8 Å². The first-order chi connectivity index (χ1) is 13.1. The van der Waals surface area contributed by atoms with Crippen molar-refractivity contribution in [2.75, 3.05) is 32.8 Å². The Hall–Kier alpha value is -2.64. The average molecular weight is 369 g/mol. The molecule has 1 aromatic carbocycles. The van der Waals surface area contributed by atoms with Crippen molar-refractivity contribution in [1.82, 2.24) is 15.2 Å². The third kappa shape index (κ3) is 3.89. The van der Waals surface area contributed by atoms with Gasteiger partial charge in [-0.1, -0.05) is 0 Å². The molecule has 142 valence electrons. The Balaban J connectivity index is 1.49. The first kappa shape index (κ1) is 17.8. The summed E-state index contributed by atoms with van der Waals surface area (Å²) in [4.78, 5) is 19.2. The number of carbonyl (C=O) groups is 1. The molecule has 0 bridgehead atoms. The molecule has 7 nitrogen and oxygen atoms in total. The van der Waals surface area contributed by atoms with E-state index in [2.05, 4.69) is 15.2 Å². The number of nitrogens with zero attached hydrogens (tertiary/aromatic N) is 2. The Morgan fingerprint density at radius 2 is 2.00 bits per heavy atom. The lowest BCUT2D eigenvalue weighted by Gasteiger charge is -2.33. The average Bonchev–Trinajstić information content (AvgIpc) is 3.26. The number of nitrogens with one attached hydrogen (secondary N) is 1. The highest BCUT2D eigenvalue weighted by Crippen LogP contribution is 2.24. The first-order valence-corrected chi connectivity index (χ1v) is 9.14. The van der Waals surface area contributed by atoms with Crippen LogP contribution < -0.4 is 5.32 Å². The van der Waals surface area contributed by atoms with Gasteiger partial charge in [0.15, 0.2) is 11.5 Å². The number of fused-ring (bicyclic) bond motifs is 1. The summed E-state index contributed by atoms with van der Waals surface area (Å²) in [6.45, 7) is 7.16. The van der Waals surface area contributed by atoms with E-state index in [0.29, 0.717) is 36.8 Å². The molecule has 1 amide bonds. The topological polar surface area (TPSA) is 80.7 Å². The second-order valence-corrected chi connectivity index (χ2v) is 6.74. The number of carbonyl (C=O) groups excluding carboxylic acids is 1. The molecule has 3 heterocycles. The van der Waals surface area contributed by atoms with Crippen LogP contribution in [0.5, 0.6) is 0 Å². The van der Waals surface area contributed by atoms with E-state index in [1.165, 1.54) is 0 Å². The summed E-state index contributed by atoms with van der Waals surface area (Å²) in [5.41, 5.74) is 1.92. The minimum Gasteiger partial charge on any atom is -0.465 e. The summed E-state index contributed by atoms with van der Waals surface area (Å²) >= 11 is 0. The lowest BCUT2D eigenvalue weighted by atomic mass is 10.1. The Bertz CT molecular complexity index is 940. The second kappa shape index (κ2) is 7.54.